The van der Waals surface area contributed by atoms with Gasteiger partial charge in [0.1, 0.15) is 5.52 Å². The van der Waals surface area contributed by atoms with Crippen LogP contribution in [0.2, 0.25) is 0 Å². The highest BCUT2D eigenvalue weighted by atomic mass is 16.5. The second-order valence-electron chi connectivity index (χ2n) is 6.83. The Morgan fingerprint density at radius 1 is 1.39 bits per heavy atom. The molecular weight excluding hydrogens is 292 g/mol. The molecule has 0 aliphatic heterocycles. The molecule has 1 aliphatic carbocycles. The van der Waals surface area contributed by atoms with E-state index >= 15 is 0 Å². The Labute approximate surface area is 137 Å². The number of fused-ring (bicyclic) bond motifs is 1. The summed E-state index contributed by atoms with van der Waals surface area (Å²) >= 11 is 0. The molecule has 0 bridgehead atoms. The van der Waals surface area contributed by atoms with Crippen LogP contribution in [0.1, 0.15) is 50.5 Å². The largest absolute Gasteiger partial charge is 0.493 e. The Balaban J connectivity index is 1.88. The quantitative estimate of drug-likeness (QED) is 0.916. The number of hydrogen-bond acceptors (Lipinski definition) is 5. The number of oxazole rings is 1. The summed E-state index contributed by atoms with van der Waals surface area (Å²) in [4.78, 5) is 6.81. The summed E-state index contributed by atoms with van der Waals surface area (Å²) in [5.41, 5.74) is 2.67. The topological polar surface area (TPSA) is 58.7 Å². The summed E-state index contributed by atoms with van der Waals surface area (Å²) in [6.45, 7) is 4.89. The molecule has 126 valence electrons. The van der Waals surface area contributed by atoms with Gasteiger partial charge < -0.3 is 14.3 Å². The molecular formula is C18H26N2O3. The highest BCUT2D eigenvalue weighted by Gasteiger charge is 2.28. The Hall–Kier alpha value is -1.59. The predicted octanol–water partition coefficient (Wildman–Crippen LogP) is 3.31. The molecule has 1 aromatic carbocycles. The summed E-state index contributed by atoms with van der Waals surface area (Å²) < 4.78 is 11.3. The minimum Gasteiger partial charge on any atom is -0.493 e. The van der Waals surface area contributed by atoms with Crippen molar-refractivity contribution in [3.05, 3.63) is 23.6 Å². The van der Waals surface area contributed by atoms with Crippen molar-refractivity contribution in [3.8, 4) is 5.75 Å². The maximum Gasteiger partial charge on any atom is 0.198 e. The standard InChI is InChI=1S/C18H26N2O3/c1-11(2)18-19-13-8-12(9-16(22-4)17(13)23-18)10-20(3)14-6-5-7-15(14)21/h8-9,11,14-15,21H,5-7,10H2,1-4H3/t14-,15-/m1/s1. The van der Waals surface area contributed by atoms with Crippen LogP contribution in [0.5, 0.6) is 5.75 Å². The molecule has 0 saturated heterocycles. The SMILES string of the molecule is COc1cc(CN(C)[C@@H]2CCC[C@H]2O)cc2nc(C(C)C)oc12. The first-order valence-corrected chi connectivity index (χ1v) is 8.35. The van der Waals surface area contributed by atoms with Gasteiger partial charge in [-0.3, -0.25) is 4.90 Å². The van der Waals surface area contributed by atoms with Gasteiger partial charge in [-0.15, -0.1) is 0 Å². The van der Waals surface area contributed by atoms with E-state index in [0.29, 0.717) is 5.58 Å². The summed E-state index contributed by atoms with van der Waals surface area (Å²) in [5.74, 6) is 1.69. The van der Waals surface area contributed by atoms with E-state index in [1.807, 2.05) is 6.07 Å². The molecule has 1 N–H and O–H groups in total. The van der Waals surface area contributed by atoms with E-state index in [1.165, 1.54) is 0 Å². The van der Waals surface area contributed by atoms with Gasteiger partial charge >= 0.3 is 0 Å². The third kappa shape index (κ3) is 3.21. The predicted molar refractivity (Wildman–Crippen MR) is 89.8 cm³/mol. The fourth-order valence-electron chi connectivity index (χ4n) is 3.40. The zero-order chi connectivity index (χ0) is 16.6. The molecule has 2 aromatic rings. The number of rotatable bonds is 5. The number of nitrogens with zero attached hydrogens (tertiary/aromatic N) is 2. The zero-order valence-corrected chi connectivity index (χ0v) is 14.4. The van der Waals surface area contributed by atoms with Crippen molar-refractivity contribution in [2.24, 2.45) is 0 Å². The fraction of sp³-hybridized carbons (Fsp3) is 0.611. The van der Waals surface area contributed by atoms with Gasteiger partial charge in [-0.05, 0) is 44.0 Å². The number of aliphatic hydroxyl groups is 1. The number of aromatic nitrogens is 1. The van der Waals surface area contributed by atoms with Gasteiger partial charge in [-0.2, -0.15) is 0 Å². The van der Waals surface area contributed by atoms with Crippen LogP contribution < -0.4 is 4.74 Å². The van der Waals surface area contributed by atoms with Gasteiger partial charge in [-0.1, -0.05) is 13.8 Å². The lowest BCUT2D eigenvalue weighted by atomic mass is 10.1. The lowest BCUT2D eigenvalue weighted by molar-refractivity contribution is 0.0825. The number of benzene rings is 1. The van der Waals surface area contributed by atoms with Gasteiger partial charge in [0.15, 0.2) is 17.2 Å². The second kappa shape index (κ2) is 6.49. The average molecular weight is 318 g/mol. The van der Waals surface area contributed by atoms with Crippen LogP contribution in [0.3, 0.4) is 0 Å². The van der Waals surface area contributed by atoms with Crippen LogP contribution in [-0.4, -0.2) is 41.3 Å². The van der Waals surface area contributed by atoms with Gasteiger partial charge in [-0.25, -0.2) is 4.98 Å². The van der Waals surface area contributed by atoms with E-state index in [1.54, 1.807) is 7.11 Å². The first kappa shape index (κ1) is 16.3. The van der Waals surface area contributed by atoms with E-state index in [4.69, 9.17) is 9.15 Å². The van der Waals surface area contributed by atoms with E-state index in [0.717, 1.165) is 48.5 Å². The van der Waals surface area contributed by atoms with Crippen LogP contribution in [-0.2, 0) is 6.54 Å². The smallest absolute Gasteiger partial charge is 0.198 e. The van der Waals surface area contributed by atoms with Crippen molar-refractivity contribution in [1.82, 2.24) is 9.88 Å². The number of aliphatic hydroxyl groups excluding tert-OH is 1. The van der Waals surface area contributed by atoms with Crippen LogP contribution in [0.4, 0.5) is 0 Å². The molecule has 1 aromatic heterocycles. The minimum atomic E-state index is -0.217. The lowest BCUT2D eigenvalue weighted by Crippen LogP contribution is -2.36. The average Bonchev–Trinajstić information content (AvgIpc) is 3.12. The Morgan fingerprint density at radius 3 is 2.78 bits per heavy atom. The molecule has 23 heavy (non-hydrogen) atoms. The van der Waals surface area contributed by atoms with Crippen LogP contribution in [0.25, 0.3) is 11.1 Å². The maximum absolute atomic E-state index is 10.1. The Morgan fingerprint density at radius 2 is 2.17 bits per heavy atom. The van der Waals surface area contributed by atoms with Crippen molar-refractivity contribution in [1.29, 1.82) is 0 Å². The number of likely N-dealkylation sites (N-methyl/N-ethyl adjacent to an activating group) is 1. The van der Waals surface area contributed by atoms with Crippen LogP contribution in [0.15, 0.2) is 16.5 Å². The van der Waals surface area contributed by atoms with E-state index in [-0.39, 0.29) is 18.1 Å². The van der Waals surface area contributed by atoms with Crippen LogP contribution in [0, 0.1) is 0 Å². The highest BCUT2D eigenvalue weighted by molar-refractivity contribution is 5.80. The number of hydrogen-bond donors (Lipinski definition) is 1. The number of methoxy groups -OCH3 is 1. The third-order valence-corrected chi connectivity index (χ3v) is 4.69. The summed E-state index contributed by atoms with van der Waals surface area (Å²) in [6, 6.07) is 4.31. The van der Waals surface area contributed by atoms with Crippen molar-refractivity contribution in [2.45, 2.75) is 57.7 Å². The second-order valence-corrected chi connectivity index (χ2v) is 6.83. The molecule has 0 unspecified atom stereocenters. The molecule has 1 heterocycles. The highest BCUT2D eigenvalue weighted by Crippen LogP contribution is 2.32. The summed E-state index contributed by atoms with van der Waals surface area (Å²) in [6.07, 6.45) is 2.83. The molecule has 1 saturated carbocycles. The van der Waals surface area contributed by atoms with Crippen molar-refractivity contribution >= 4 is 11.1 Å². The maximum atomic E-state index is 10.1. The lowest BCUT2D eigenvalue weighted by Gasteiger charge is -2.27. The molecule has 1 fully saturated rings. The van der Waals surface area contributed by atoms with Gasteiger partial charge in [0.2, 0.25) is 0 Å². The third-order valence-electron chi connectivity index (χ3n) is 4.69. The van der Waals surface area contributed by atoms with Crippen molar-refractivity contribution < 1.29 is 14.3 Å². The molecule has 5 heteroatoms. The van der Waals surface area contributed by atoms with Crippen molar-refractivity contribution in [3.63, 3.8) is 0 Å². The molecule has 5 nitrogen and oxygen atoms in total. The molecule has 0 spiro atoms. The van der Waals surface area contributed by atoms with E-state index in [9.17, 15) is 5.11 Å². The Bertz CT molecular complexity index is 680. The first-order valence-electron chi connectivity index (χ1n) is 8.35. The van der Waals surface area contributed by atoms with Gasteiger partial charge in [0.05, 0.1) is 13.2 Å². The monoisotopic (exact) mass is 318 g/mol. The fourth-order valence-corrected chi connectivity index (χ4v) is 3.40. The van der Waals surface area contributed by atoms with Crippen molar-refractivity contribution in [2.75, 3.05) is 14.2 Å². The zero-order valence-electron chi connectivity index (χ0n) is 14.4. The normalized spacial score (nSPS) is 21.7. The molecule has 1 aliphatic rings. The Kier molecular flexibility index (Phi) is 4.60. The van der Waals surface area contributed by atoms with E-state index < -0.39 is 0 Å². The number of ether oxygens (including phenoxy) is 1. The van der Waals surface area contributed by atoms with Crippen LogP contribution >= 0.6 is 0 Å². The molecule has 3 rings (SSSR count). The van der Waals surface area contributed by atoms with Gasteiger partial charge in [0, 0.05) is 18.5 Å². The van der Waals surface area contributed by atoms with Gasteiger partial charge in [0.25, 0.3) is 0 Å². The molecule has 0 amide bonds. The van der Waals surface area contributed by atoms with E-state index in [2.05, 4.69) is 36.8 Å². The summed E-state index contributed by atoms with van der Waals surface area (Å²) in [7, 11) is 3.72. The first-order chi connectivity index (χ1) is 11.0. The molecule has 0 radical (unpaired) electrons. The summed E-state index contributed by atoms with van der Waals surface area (Å²) in [5, 5.41) is 10.1. The minimum absolute atomic E-state index is 0.217. The molecule has 2 atom stereocenters.